The highest BCUT2D eigenvalue weighted by molar-refractivity contribution is 7.89. The summed E-state index contributed by atoms with van der Waals surface area (Å²) in [5, 5.41) is 11.5. The fraction of sp³-hybridized carbons (Fsp3) is 0.667. The molecule has 0 saturated heterocycles. The molecule has 0 heterocycles. The van der Waals surface area contributed by atoms with Crippen molar-refractivity contribution in [3.05, 3.63) is 24.3 Å². The Morgan fingerprint density at radius 3 is 2.00 bits per heavy atom. The van der Waals surface area contributed by atoms with Gasteiger partial charge in [0, 0.05) is 11.7 Å². The highest BCUT2D eigenvalue weighted by Crippen LogP contribution is 2.61. The van der Waals surface area contributed by atoms with Gasteiger partial charge in [0.25, 0.3) is 0 Å². The molecule has 0 unspecified atom stereocenters. The second kappa shape index (κ2) is 7.11. The van der Waals surface area contributed by atoms with Gasteiger partial charge in [-0.15, -0.1) is 0 Å². The second-order valence-corrected chi connectivity index (χ2v) is 11.0. The van der Waals surface area contributed by atoms with Crippen LogP contribution in [0.5, 0.6) is 0 Å². The molecule has 2 atom stereocenters. The third-order valence-corrected chi connectivity index (χ3v) is 8.28. The number of nitrogens with two attached hydrogens (primary N) is 1. The van der Waals surface area contributed by atoms with Crippen LogP contribution in [-0.4, -0.2) is 26.4 Å². The quantitative estimate of drug-likeness (QED) is 0.677. The van der Waals surface area contributed by atoms with Crippen molar-refractivity contribution >= 4 is 21.6 Å². The number of amides is 1. The van der Waals surface area contributed by atoms with E-state index in [4.69, 9.17) is 5.14 Å². The van der Waals surface area contributed by atoms with E-state index in [2.05, 4.69) is 17.6 Å². The van der Waals surface area contributed by atoms with Gasteiger partial charge in [-0.2, -0.15) is 0 Å². The molecule has 4 aliphatic carbocycles. The summed E-state index contributed by atoms with van der Waals surface area (Å²) in [6.45, 7) is 4.14. The number of anilines is 1. The number of sulfonamides is 1. The summed E-state index contributed by atoms with van der Waals surface area (Å²) in [6.07, 6.45) is 8.15. The molecule has 1 amide bonds. The van der Waals surface area contributed by atoms with Gasteiger partial charge in [-0.1, -0.05) is 0 Å². The molecule has 6 nitrogen and oxygen atoms in total. The van der Waals surface area contributed by atoms with Crippen molar-refractivity contribution in [1.82, 2.24) is 5.32 Å². The van der Waals surface area contributed by atoms with Crippen LogP contribution in [0.15, 0.2) is 29.2 Å². The number of carbonyl (C=O) groups is 1. The molecular formula is C21H31N3O3S. The lowest BCUT2D eigenvalue weighted by Crippen LogP contribution is -2.57. The standard InChI is InChI=1S/C21H31N3O3S/c1-13(20(25)24-18-3-5-19(6-4-18)28(22,26)27)23-14(2)21-10-15-7-16(11-21)9-17(8-15)12-21/h3-6,13-17,23H,7-12H2,1-2H3,(H,24,25)(H2,22,26,27)/t13-,14+,15?,16?,17?,21?/m0/s1. The van der Waals surface area contributed by atoms with Gasteiger partial charge in [-0.25, -0.2) is 13.6 Å². The van der Waals surface area contributed by atoms with Gasteiger partial charge in [0.1, 0.15) is 0 Å². The fourth-order valence-electron chi connectivity index (χ4n) is 6.31. The molecule has 4 aliphatic rings. The Morgan fingerprint density at radius 2 is 1.54 bits per heavy atom. The number of primary sulfonamides is 1. The minimum absolute atomic E-state index is 0.0344. The van der Waals surface area contributed by atoms with Crippen molar-refractivity contribution in [2.45, 2.75) is 69.4 Å². The second-order valence-electron chi connectivity index (χ2n) is 9.45. The molecule has 4 fully saturated rings. The van der Waals surface area contributed by atoms with Crippen LogP contribution in [0.4, 0.5) is 5.69 Å². The summed E-state index contributed by atoms with van der Waals surface area (Å²) in [5.41, 5.74) is 0.911. The molecule has 7 heteroatoms. The van der Waals surface area contributed by atoms with Crippen LogP contribution in [-0.2, 0) is 14.8 Å². The van der Waals surface area contributed by atoms with Crippen LogP contribution in [0.2, 0.25) is 0 Å². The monoisotopic (exact) mass is 405 g/mol. The zero-order valence-electron chi connectivity index (χ0n) is 16.6. The maximum atomic E-state index is 12.6. The van der Waals surface area contributed by atoms with E-state index in [1.165, 1.54) is 50.7 Å². The van der Waals surface area contributed by atoms with Crippen molar-refractivity contribution in [2.75, 3.05) is 5.32 Å². The highest BCUT2D eigenvalue weighted by Gasteiger charge is 2.53. The van der Waals surface area contributed by atoms with E-state index >= 15 is 0 Å². The number of hydrogen-bond donors (Lipinski definition) is 3. The lowest BCUT2D eigenvalue weighted by Gasteiger charge is -2.59. The summed E-state index contributed by atoms with van der Waals surface area (Å²) >= 11 is 0. The van der Waals surface area contributed by atoms with Crippen LogP contribution in [0, 0.1) is 23.2 Å². The Hall–Kier alpha value is -1.44. The molecule has 1 aromatic rings. The van der Waals surface area contributed by atoms with E-state index in [0.717, 1.165) is 17.8 Å². The number of hydrogen-bond acceptors (Lipinski definition) is 4. The van der Waals surface area contributed by atoms with Crippen molar-refractivity contribution < 1.29 is 13.2 Å². The molecule has 0 radical (unpaired) electrons. The minimum Gasteiger partial charge on any atom is -0.325 e. The predicted octanol–water partition coefficient (Wildman–Crippen LogP) is 2.86. The summed E-state index contributed by atoms with van der Waals surface area (Å²) in [6, 6.07) is 5.93. The first-order chi connectivity index (χ1) is 13.1. The highest BCUT2D eigenvalue weighted by atomic mass is 32.2. The molecule has 0 aliphatic heterocycles. The largest absolute Gasteiger partial charge is 0.325 e. The smallest absolute Gasteiger partial charge is 0.241 e. The zero-order valence-corrected chi connectivity index (χ0v) is 17.5. The molecule has 4 bridgehead atoms. The van der Waals surface area contributed by atoms with E-state index in [0.29, 0.717) is 17.1 Å². The molecule has 4 saturated carbocycles. The molecule has 5 rings (SSSR count). The topological polar surface area (TPSA) is 101 Å². The summed E-state index contributed by atoms with van der Waals surface area (Å²) < 4.78 is 22.7. The molecule has 28 heavy (non-hydrogen) atoms. The van der Waals surface area contributed by atoms with Crippen LogP contribution in [0.3, 0.4) is 0 Å². The molecular weight excluding hydrogens is 374 g/mol. The maximum Gasteiger partial charge on any atom is 0.241 e. The Labute approximate surface area is 167 Å². The molecule has 154 valence electrons. The van der Waals surface area contributed by atoms with Crippen molar-refractivity contribution in [2.24, 2.45) is 28.3 Å². The Bertz CT molecular complexity index is 815. The fourth-order valence-corrected chi connectivity index (χ4v) is 6.83. The average molecular weight is 406 g/mol. The molecule has 0 aromatic heterocycles. The molecule has 0 spiro atoms. The summed E-state index contributed by atoms with van der Waals surface area (Å²) in [5.74, 6) is 2.55. The molecule has 1 aromatic carbocycles. The van der Waals surface area contributed by atoms with Gasteiger partial charge >= 0.3 is 0 Å². The van der Waals surface area contributed by atoms with Crippen molar-refractivity contribution in [1.29, 1.82) is 0 Å². The lowest BCUT2D eigenvalue weighted by molar-refractivity contribution is -0.119. The SMILES string of the molecule is C[C@H](N[C@H](C)C12CC3CC(CC(C3)C1)C2)C(=O)Nc1ccc(S(N)(=O)=O)cc1. The van der Waals surface area contributed by atoms with Gasteiger partial charge in [0.05, 0.1) is 10.9 Å². The van der Waals surface area contributed by atoms with E-state index < -0.39 is 10.0 Å². The van der Waals surface area contributed by atoms with E-state index in [-0.39, 0.29) is 16.8 Å². The van der Waals surface area contributed by atoms with Crippen LogP contribution >= 0.6 is 0 Å². The van der Waals surface area contributed by atoms with Crippen LogP contribution < -0.4 is 15.8 Å². The van der Waals surface area contributed by atoms with E-state index in [1.54, 1.807) is 12.1 Å². The Balaban J connectivity index is 1.37. The molecule has 4 N–H and O–H groups in total. The van der Waals surface area contributed by atoms with Crippen LogP contribution in [0.25, 0.3) is 0 Å². The Morgan fingerprint density at radius 1 is 1.04 bits per heavy atom. The van der Waals surface area contributed by atoms with Gasteiger partial charge in [-0.05, 0) is 99.8 Å². The minimum atomic E-state index is -3.73. The normalized spacial score (nSPS) is 33.5. The first kappa shape index (κ1) is 19.9. The van der Waals surface area contributed by atoms with Crippen LogP contribution in [0.1, 0.15) is 52.4 Å². The third kappa shape index (κ3) is 3.84. The summed E-state index contributed by atoms with van der Waals surface area (Å²) in [7, 11) is -3.73. The van der Waals surface area contributed by atoms with E-state index in [9.17, 15) is 13.2 Å². The maximum absolute atomic E-state index is 12.6. The third-order valence-electron chi connectivity index (χ3n) is 7.35. The summed E-state index contributed by atoms with van der Waals surface area (Å²) in [4.78, 5) is 12.7. The van der Waals surface area contributed by atoms with Gasteiger partial charge in [0.15, 0.2) is 0 Å². The Kier molecular flexibility index (Phi) is 5.04. The van der Waals surface area contributed by atoms with Gasteiger partial charge in [0.2, 0.25) is 15.9 Å². The first-order valence-electron chi connectivity index (χ1n) is 10.3. The first-order valence-corrected chi connectivity index (χ1v) is 11.9. The zero-order chi connectivity index (χ0) is 20.1. The average Bonchev–Trinajstić information content (AvgIpc) is 2.60. The number of benzene rings is 1. The number of rotatable bonds is 6. The van der Waals surface area contributed by atoms with Gasteiger partial charge in [-0.3, -0.25) is 4.79 Å². The van der Waals surface area contributed by atoms with Gasteiger partial charge < -0.3 is 10.6 Å². The number of nitrogens with one attached hydrogen (secondary N) is 2. The predicted molar refractivity (Wildman–Crippen MR) is 109 cm³/mol. The number of carbonyl (C=O) groups excluding carboxylic acids is 1. The lowest BCUT2D eigenvalue weighted by atomic mass is 9.48. The van der Waals surface area contributed by atoms with Crippen molar-refractivity contribution in [3.8, 4) is 0 Å². The van der Waals surface area contributed by atoms with Crippen molar-refractivity contribution in [3.63, 3.8) is 0 Å². The van der Waals surface area contributed by atoms with E-state index in [1.807, 2.05) is 6.92 Å².